The fraction of sp³-hybridized carbons (Fsp3) is 0.768. The van der Waals surface area contributed by atoms with Gasteiger partial charge in [0.15, 0.2) is 24.8 Å². The highest BCUT2D eigenvalue weighted by Crippen LogP contribution is 2.76. The molecule has 2 heterocycles. The number of carbonyl (C=O) groups is 3. The second-order valence-corrected chi connectivity index (χ2v) is 24.9. The molecule has 8 rings (SSSR count). The molecule has 1 unspecified atom stereocenters. The second kappa shape index (κ2) is 21.0. The summed E-state index contributed by atoms with van der Waals surface area (Å²) in [4.78, 5) is 40.1. The van der Waals surface area contributed by atoms with Gasteiger partial charge in [0, 0.05) is 16.9 Å². The van der Waals surface area contributed by atoms with Crippen molar-refractivity contribution in [1.82, 2.24) is 0 Å². The molecule has 0 radical (unpaired) electrons. The number of benzene rings is 1. The molecule has 23 atom stereocenters. The molecule has 0 amide bonds. The molecule has 10 N–H and O–H groups in total. The Bertz CT molecular complexity index is 2300. The van der Waals surface area contributed by atoms with E-state index in [0.717, 1.165) is 11.1 Å². The van der Waals surface area contributed by atoms with E-state index >= 15 is 0 Å². The van der Waals surface area contributed by atoms with E-state index in [1.165, 1.54) is 6.08 Å². The molecule has 19 heteroatoms. The van der Waals surface area contributed by atoms with Crippen molar-refractivity contribution in [2.24, 2.45) is 56.2 Å². The van der Waals surface area contributed by atoms with Gasteiger partial charge in [-0.05, 0) is 90.6 Å². The van der Waals surface area contributed by atoms with Gasteiger partial charge in [0.05, 0.1) is 42.9 Å². The fourth-order valence-electron chi connectivity index (χ4n) is 15.6. The van der Waals surface area contributed by atoms with Crippen LogP contribution in [0.2, 0.25) is 0 Å². The number of esters is 2. The van der Waals surface area contributed by atoms with Gasteiger partial charge in [0.1, 0.15) is 48.8 Å². The highest BCUT2D eigenvalue weighted by atomic mass is 16.8. The summed E-state index contributed by atoms with van der Waals surface area (Å²) in [7, 11) is 0. The maximum absolute atomic E-state index is 14.0. The van der Waals surface area contributed by atoms with Gasteiger partial charge in [-0.2, -0.15) is 0 Å². The highest BCUT2D eigenvalue weighted by Gasteiger charge is 2.76. The number of carboxylic acid groups (broad SMARTS) is 1. The Kier molecular flexibility index (Phi) is 16.2. The molecule has 4 saturated carbocycles. The molecule has 1 aromatic rings. The topological polar surface area (TPSA) is 309 Å². The number of rotatable bonds is 13. The molecule has 0 bridgehead atoms. The van der Waals surface area contributed by atoms with Crippen LogP contribution in [0.15, 0.2) is 48.1 Å². The lowest BCUT2D eigenvalue weighted by molar-refractivity contribution is -0.374. The fourth-order valence-corrected chi connectivity index (χ4v) is 15.6. The van der Waals surface area contributed by atoms with E-state index in [4.69, 9.17) is 28.4 Å². The molecule has 420 valence electrons. The third-order valence-corrected chi connectivity index (χ3v) is 20.3. The van der Waals surface area contributed by atoms with Gasteiger partial charge in [-0.15, -0.1) is 0 Å². The van der Waals surface area contributed by atoms with Gasteiger partial charge < -0.3 is 79.5 Å². The number of ether oxygens (including phenoxy) is 6. The Morgan fingerprint density at radius 2 is 1.45 bits per heavy atom. The summed E-state index contributed by atoms with van der Waals surface area (Å²) >= 11 is 0. The Morgan fingerprint density at radius 1 is 0.773 bits per heavy atom. The quantitative estimate of drug-likeness (QED) is 0.0588. The minimum absolute atomic E-state index is 0.0777. The summed E-state index contributed by atoms with van der Waals surface area (Å²) in [6.45, 7) is 16.5. The minimum atomic E-state index is -2.02. The largest absolute Gasteiger partial charge is 0.479 e. The lowest BCUT2D eigenvalue weighted by Gasteiger charge is -2.73. The van der Waals surface area contributed by atoms with Crippen molar-refractivity contribution >= 4 is 24.0 Å². The van der Waals surface area contributed by atoms with Crippen LogP contribution >= 0.6 is 0 Å². The van der Waals surface area contributed by atoms with Crippen LogP contribution in [-0.4, -0.2) is 174 Å². The predicted molar refractivity (Wildman–Crippen MR) is 266 cm³/mol. The smallest absolute Gasteiger partial charge is 0.335 e. The first-order valence-electron chi connectivity index (χ1n) is 26.8. The molecule has 0 aromatic heterocycles. The van der Waals surface area contributed by atoms with E-state index in [0.29, 0.717) is 44.9 Å². The Labute approximate surface area is 438 Å². The van der Waals surface area contributed by atoms with Gasteiger partial charge in [0.2, 0.25) is 0 Å². The standard InChI is InChI=1S/C56H82O19/c1-10-27(2)48(69)75-46-45(72-35(59)19-16-28-14-12-11-13-15-28)51(3,4)24-30-29-17-18-33-53(7)22-21-34(52(5,6)32(53)20-23-54(33,8)55(29,9)43(65)44(66)56(30,46)26-58)71-50-42(39(63)38(62)41(73-50)47(67)68)74-49-40(64)37(61)36(60)31(25-57)70-49/h11-17,19,27,30-34,36-46,49-50,57-58,60-66H,10,18,20-26H2,1-9H3,(H,67,68)/t27-,30?,31-,32+,33-,34+,36-,37+,38+,39+,40-,41+,42-,43+,44-,45+,46+,49+,50-,53+,54-,55+,56+/m1/s1. The SMILES string of the molecule is CC[C@@H](C)C(=O)O[C@H]1[C@H](OC(=O)C=Cc2ccccc2)C(C)(C)CC2C3=CC[C@@H]4[C@@]5(C)CC[C@H](O[C@@H]6O[C@H](C(=O)O)[C@@H](O)[C@H](O)[C@H]6O[C@@H]6O[C@H](CO)[C@@H](O)[C@H](O)[C@H]6O)C(C)(C)[C@@H]5CC[C@@]4(C)[C@]3(C)[C@@H](O)[C@@H](O)[C@]21CO. The molecule has 6 fully saturated rings. The lowest BCUT2D eigenvalue weighted by atomic mass is 9.32. The number of hydrogen-bond donors (Lipinski definition) is 10. The number of aliphatic hydroxyl groups is 9. The monoisotopic (exact) mass is 1060 g/mol. The third-order valence-electron chi connectivity index (χ3n) is 20.3. The summed E-state index contributed by atoms with van der Waals surface area (Å²) in [6.07, 6.45) is -15.6. The molecule has 7 aliphatic rings. The zero-order valence-electron chi connectivity index (χ0n) is 44.6. The molecular formula is C56H82O19. The highest BCUT2D eigenvalue weighted by molar-refractivity contribution is 5.87. The van der Waals surface area contributed by atoms with Crippen molar-refractivity contribution in [3.05, 3.63) is 53.6 Å². The van der Waals surface area contributed by atoms with Gasteiger partial charge in [0.25, 0.3) is 0 Å². The van der Waals surface area contributed by atoms with Crippen molar-refractivity contribution in [1.29, 1.82) is 0 Å². The van der Waals surface area contributed by atoms with Crippen molar-refractivity contribution in [2.45, 2.75) is 199 Å². The predicted octanol–water partition coefficient (Wildman–Crippen LogP) is 2.63. The van der Waals surface area contributed by atoms with Crippen LogP contribution in [0.25, 0.3) is 6.08 Å². The van der Waals surface area contributed by atoms with Crippen LogP contribution in [0.4, 0.5) is 0 Å². The molecule has 19 nitrogen and oxygen atoms in total. The zero-order chi connectivity index (χ0) is 55.1. The molecule has 0 spiro atoms. The third kappa shape index (κ3) is 9.24. The first-order chi connectivity index (χ1) is 35.1. The number of carbonyl (C=O) groups excluding carboxylic acids is 2. The number of fused-ring (bicyclic) bond motifs is 7. The first kappa shape index (κ1) is 57.8. The Balaban J connectivity index is 1.11. The first-order valence-corrected chi connectivity index (χ1v) is 26.8. The second-order valence-electron chi connectivity index (χ2n) is 24.9. The van der Waals surface area contributed by atoms with Gasteiger partial charge in [-0.25, -0.2) is 9.59 Å². The zero-order valence-corrected chi connectivity index (χ0v) is 44.6. The van der Waals surface area contributed by atoms with E-state index in [9.17, 15) is 65.4 Å². The lowest BCUT2D eigenvalue weighted by Crippen LogP contribution is -2.76. The van der Waals surface area contributed by atoms with Gasteiger partial charge in [-0.1, -0.05) is 104 Å². The Hall–Kier alpha value is -3.41. The number of aliphatic hydroxyl groups excluding tert-OH is 9. The maximum atomic E-state index is 14.0. The summed E-state index contributed by atoms with van der Waals surface area (Å²) in [6, 6.07) is 9.21. The van der Waals surface area contributed by atoms with Crippen LogP contribution in [-0.2, 0) is 42.8 Å². The van der Waals surface area contributed by atoms with Crippen LogP contribution in [0, 0.1) is 56.2 Å². The van der Waals surface area contributed by atoms with Crippen molar-refractivity contribution < 1.29 is 93.9 Å². The van der Waals surface area contributed by atoms with E-state index in [1.54, 1.807) is 13.0 Å². The van der Waals surface area contributed by atoms with Crippen LogP contribution < -0.4 is 0 Å². The van der Waals surface area contributed by atoms with Gasteiger partial charge >= 0.3 is 17.9 Å². The normalized spacial score (nSPS) is 46.5. The average molecular weight is 1060 g/mol. The minimum Gasteiger partial charge on any atom is -0.479 e. The van der Waals surface area contributed by atoms with Crippen molar-refractivity contribution in [2.75, 3.05) is 13.2 Å². The van der Waals surface area contributed by atoms with Crippen LogP contribution in [0.3, 0.4) is 0 Å². The van der Waals surface area contributed by atoms with E-state index in [2.05, 4.69) is 19.9 Å². The van der Waals surface area contributed by atoms with Crippen LogP contribution in [0.1, 0.15) is 113 Å². The average Bonchev–Trinajstić information content (AvgIpc) is 3.36. The van der Waals surface area contributed by atoms with E-state index < -0.39 is 167 Å². The van der Waals surface area contributed by atoms with E-state index in [-0.39, 0.29) is 11.8 Å². The summed E-state index contributed by atoms with van der Waals surface area (Å²) in [5.41, 5.74) is -3.84. The number of carboxylic acids is 1. The van der Waals surface area contributed by atoms with Crippen molar-refractivity contribution in [3.63, 3.8) is 0 Å². The summed E-state index contributed by atoms with van der Waals surface area (Å²) < 4.78 is 36.8. The molecule has 1 aromatic carbocycles. The Morgan fingerprint density at radius 3 is 2.08 bits per heavy atom. The number of allylic oxidation sites excluding steroid dienone is 1. The molecule has 2 saturated heterocycles. The number of hydrogen-bond acceptors (Lipinski definition) is 18. The molecule has 75 heavy (non-hydrogen) atoms. The summed E-state index contributed by atoms with van der Waals surface area (Å²) in [5.74, 6) is -4.23. The van der Waals surface area contributed by atoms with Gasteiger partial charge in [-0.3, -0.25) is 4.79 Å². The molecule has 5 aliphatic carbocycles. The summed E-state index contributed by atoms with van der Waals surface area (Å²) in [5, 5.41) is 112. The van der Waals surface area contributed by atoms with E-state index in [1.807, 2.05) is 71.9 Å². The van der Waals surface area contributed by atoms with Crippen molar-refractivity contribution in [3.8, 4) is 0 Å². The maximum Gasteiger partial charge on any atom is 0.335 e. The van der Waals surface area contributed by atoms with Crippen LogP contribution in [0.5, 0.6) is 0 Å². The molecule has 2 aliphatic heterocycles. The molecular weight excluding hydrogens is 977 g/mol. The number of aliphatic carboxylic acids is 1.